The maximum Gasteiger partial charge on any atom is 0.220 e. The van der Waals surface area contributed by atoms with Crippen molar-refractivity contribution in [2.45, 2.75) is 25.8 Å². The first-order valence-corrected chi connectivity index (χ1v) is 10.1. The van der Waals surface area contributed by atoms with Crippen molar-refractivity contribution in [3.8, 4) is 16.9 Å². The molecule has 0 spiro atoms. The van der Waals surface area contributed by atoms with E-state index < -0.39 is 0 Å². The summed E-state index contributed by atoms with van der Waals surface area (Å²) in [6, 6.07) is 16.1. The standard InChI is InChI=1S/C23H25FN4O/c24-20-9-7-18(8-10-20)23-19(16-28(27-23)21-4-2-1-3-5-21)15-26-22(29)11-6-17-12-13-25-14-17/h1-5,7-10,16-17,25H,6,11-15H2,(H,26,29). The molecule has 1 saturated heterocycles. The van der Waals surface area contributed by atoms with Crippen molar-refractivity contribution in [2.75, 3.05) is 13.1 Å². The molecule has 1 fully saturated rings. The molecule has 1 aromatic heterocycles. The third-order valence-electron chi connectivity index (χ3n) is 5.35. The Balaban J connectivity index is 1.50. The number of amides is 1. The molecule has 4 rings (SSSR count). The van der Waals surface area contributed by atoms with Crippen LogP contribution in [0.15, 0.2) is 60.8 Å². The van der Waals surface area contributed by atoms with Crippen molar-refractivity contribution < 1.29 is 9.18 Å². The lowest BCUT2D eigenvalue weighted by atomic mass is 10.0. The Labute approximate surface area is 169 Å². The Morgan fingerprint density at radius 1 is 1.17 bits per heavy atom. The molecule has 0 aliphatic carbocycles. The number of aromatic nitrogens is 2. The molecule has 0 saturated carbocycles. The molecule has 1 aliphatic heterocycles. The number of benzene rings is 2. The fraction of sp³-hybridized carbons (Fsp3) is 0.304. The summed E-state index contributed by atoms with van der Waals surface area (Å²) in [5.41, 5.74) is 3.40. The summed E-state index contributed by atoms with van der Waals surface area (Å²) >= 11 is 0. The van der Waals surface area contributed by atoms with E-state index in [0.29, 0.717) is 18.9 Å². The fourth-order valence-corrected chi connectivity index (χ4v) is 3.68. The predicted molar refractivity (Wildman–Crippen MR) is 111 cm³/mol. The molecule has 2 N–H and O–H groups in total. The molecule has 2 heterocycles. The number of rotatable bonds is 7. The maximum absolute atomic E-state index is 13.4. The lowest BCUT2D eigenvalue weighted by molar-refractivity contribution is -0.121. The van der Waals surface area contributed by atoms with Crippen LogP contribution in [0.25, 0.3) is 16.9 Å². The van der Waals surface area contributed by atoms with Gasteiger partial charge in [0.05, 0.1) is 11.4 Å². The highest BCUT2D eigenvalue weighted by molar-refractivity contribution is 5.76. The van der Waals surface area contributed by atoms with Gasteiger partial charge in [-0.3, -0.25) is 4.79 Å². The molecule has 2 aromatic carbocycles. The van der Waals surface area contributed by atoms with Gasteiger partial charge in [-0.1, -0.05) is 18.2 Å². The highest BCUT2D eigenvalue weighted by atomic mass is 19.1. The summed E-state index contributed by atoms with van der Waals surface area (Å²) in [7, 11) is 0. The first kappa shape index (κ1) is 19.3. The molecule has 6 heteroatoms. The van der Waals surface area contributed by atoms with Gasteiger partial charge in [0.1, 0.15) is 5.82 Å². The number of hydrogen-bond donors (Lipinski definition) is 2. The van der Waals surface area contributed by atoms with Gasteiger partial charge in [0.25, 0.3) is 0 Å². The molecule has 5 nitrogen and oxygen atoms in total. The highest BCUT2D eigenvalue weighted by Crippen LogP contribution is 2.24. The zero-order valence-electron chi connectivity index (χ0n) is 16.3. The van der Waals surface area contributed by atoms with Crippen LogP contribution in [0.1, 0.15) is 24.8 Å². The molecule has 1 unspecified atom stereocenters. The van der Waals surface area contributed by atoms with Gasteiger partial charge in [0.15, 0.2) is 0 Å². The molecule has 150 valence electrons. The van der Waals surface area contributed by atoms with Crippen LogP contribution >= 0.6 is 0 Å². The summed E-state index contributed by atoms with van der Waals surface area (Å²) in [6.07, 6.45) is 4.51. The topological polar surface area (TPSA) is 59.0 Å². The van der Waals surface area contributed by atoms with Gasteiger partial charge in [-0.25, -0.2) is 9.07 Å². The quantitative estimate of drug-likeness (QED) is 0.645. The largest absolute Gasteiger partial charge is 0.352 e. The van der Waals surface area contributed by atoms with Crippen LogP contribution in [0.3, 0.4) is 0 Å². The third kappa shape index (κ3) is 4.90. The second kappa shape index (κ2) is 9.01. The molecule has 0 bridgehead atoms. The van der Waals surface area contributed by atoms with Crippen molar-refractivity contribution in [3.05, 3.63) is 72.2 Å². The van der Waals surface area contributed by atoms with Crippen LogP contribution in [-0.4, -0.2) is 28.8 Å². The molecule has 0 radical (unpaired) electrons. The Morgan fingerprint density at radius 2 is 1.97 bits per heavy atom. The van der Waals surface area contributed by atoms with Gasteiger partial charge >= 0.3 is 0 Å². The normalized spacial score (nSPS) is 16.1. The first-order valence-electron chi connectivity index (χ1n) is 10.1. The van der Waals surface area contributed by atoms with E-state index in [1.54, 1.807) is 16.8 Å². The number of carbonyl (C=O) groups is 1. The van der Waals surface area contributed by atoms with E-state index >= 15 is 0 Å². The molecule has 3 aromatic rings. The Hall–Kier alpha value is -2.99. The maximum atomic E-state index is 13.4. The second-order valence-electron chi connectivity index (χ2n) is 7.46. The van der Waals surface area contributed by atoms with E-state index in [1.165, 1.54) is 12.1 Å². The van der Waals surface area contributed by atoms with Crippen LogP contribution in [0.5, 0.6) is 0 Å². The zero-order valence-corrected chi connectivity index (χ0v) is 16.3. The van der Waals surface area contributed by atoms with E-state index in [0.717, 1.165) is 48.4 Å². The van der Waals surface area contributed by atoms with Crippen LogP contribution in [-0.2, 0) is 11.3 Å². The minimum Gasteiger partial charge on any atom is -0.352 e. The number of carbonyl (C=O) groups excluding carboxylic acids is 1. The first-order chi connectivity index (χ1) is 14.2. The summed E-state index contributed by atoms with van der Waals surface area (Å²) in [6.45, 7) is 2.44. The van der Waals surface area contributed by atoms with E-state index in [4.69, 9.17) is 5.10 Å². The summed E-state index contributed by atoms with van der Waals surface area (Å²) < 4.78 is 15.1. The Morgan fingerprint density at radius 3 is 2.69 bits per heavy atom. The minimum absolute atomic E-state index is 0.0504. The van der Waals surface area contributed by atoms with Crippen molar-refractivity contribution in [3.63, 3.8) is 0 Å². The van der Waals surface area contributed by atoms with Crippen LogP contribution in [0, 0.1) is 11.7 Å². The summed E-state index contributed by atoms with van der Waals surface area (Å²) in [5.74, 6) is 0.360. The fourth-order valence-electron chi connectivity index (χ4n) is 3.68. The number of nitrogens with one attached hydrogen (secondary N) is 2. The van der Waals surface area contributed by atoms with Crippen LogP contribution in [0.4, 0.5) is 4.39 Å². The SMILES string of the molecule is O=C(CCC1CCNC1)NCc1cn(-c2ccccc2)nc1-c1ccc(F)cc1. The van der Waals surface area contributed by atoms with E-state index in [9.17, 15) is 9.18 Å². The lowest BCUT2D eigenvalue weighted by Crippen LogP contribution is -2.23. The monoisotopic (exact) mass is 392 g/mol. The van der Waals surface area contributed by atoms with Crippen molar-refractivity contribution in [2.24, 2.45) is 5.92 Å². The molecule has 29 heavy (non-hydrogen) atoms. The van der Waals surface area contributed by atoms with Gasteiger partial charge in [-0.2, -0.15) is 5.10 Å². The van der Waals surface area contributed by atoms with Crippen molar-refractivity contribution in [1.29, 1.82) is 0 Å². The minimum atomic E-state index is -0.285. The Bertz CT molecular complexity index is 947. The number of para-hydroxylation sites is 1. The van der Waals surface area contributed by atoms with Gasteiger partial charge in [-0.15, -0.1) is 0 Å². The smallest absolute Gasteiger partial charge is 0.220 e. The van der Waals surface area contributed by atoms with Crippen molar-refractivity contribution in [1.82, 2.24) is 20.4 Å². The average Bonchev–Trinajstić information content (AvgIpc) is 3.42. The van der Waals surface area contributed by atoms with Gasteiger partial charge in [0, 0.05) is 30.3 Å². The number of hydrogen-bond acceptors (Lipinski definition) is 3. The predicted octanol–water partition coefficient (Wildman–Crippen LogP) is 3.68. The van der Waals surface area contributed by atoms with Crippen LogP contribution < -0.4 is 10.6 Å². The van der Waals surface area contributed by atoms with Crippen LogP contribution in [0.2, 0.25) is 0 Å². The van der Waals surface area contributed by atoms with E-state index in [-0.39, 0.29) is 11.7 Å². The molecular weight excluding hydrogens is 367 g/mol. The van der Waals surface area contributed by atoms with E-state index in [1.807, 2.05) is 36.5 Å². The van der Waals surface area contributed by atoms with Gasteiger partial charge < -0.3 is 10.6 Å². The highest BCUT2D eigenvalue weighted by Gasteiger charge is 2.17. The molecule has 1 atom stereocenters. The number of nitrogens with zero attached hydrogens (tertiary/aromatic N) is 2. The molecular formula is C23H25FN4O. The molecule has 1 amide bonds. The lowest BCUT2D eigenvalue weighted by Gasteiger charge is -2.09. The summed E-state index contributed by atoms with van der Waals surface area (Å²) in [4.78, 5) is 12.3. The second-order valence-corrected chi connectivity index (χ2v) is 7.46. The Kier molecular flexibility index (Phi) is 6.00. The van der Waals surface area contributed by atoms with Crippen molar-refractivity contribution >= 4 is 5.91 Å². The molecule has 1 aliphatic rings. The average molecular weight is 392 g/mol. The number of halogens is 1. The third-order valence-corrected chi connectivity index (χ3v) is 5.35. The van der Waals surface area contributed by atoms with Gasteiger partial charge in [-0.05, 0) is 68.2 Å². The summed E-state index contributed by atoms with van der Waals surface area (Å²) in [5, 5.41) is 11.1. The van der Waals surface area contributed by atoms with Gasteiger partial charge in [0.2, 0.25) is 5.91 Å². The van der Waals surface area contributed by atoms with E-state index in [2.05, 4.69) is 10.6 Å². The zero-order chi connectivity index (χ0) is 20.1.